The SMILES string of the molecule is CCc1cc(/C(O)=C\c2ccc3ccccc3n2)c(O)cc1O. The van der Waals surface area contributed by atoms with Gasteiger partial charge in [-0.3, -0.25) is 0 Å². The molecule has 0 fully saturated rings. The number of benzene rings is 2. The van der Waals surface area contributed by atoms with Crippen molar-refractivity contribution in [1.82, 2.24) is 4.98 Å². The lowest BCUT2D eigenvalue weighted by atomic mass is 10.0. The van der Waals surface area contributed by atoms with E-state index in [1.807, 2.05) is 37.3 Å². The highest BCUT2D eigenvalue weighted by Crippen LogP contribution is 2.32. The monoisotopic (exact) mass is 307 g/mol. The highest BCUT2D eigenvalue weighted by Gasteiger charge is 2.11. The normalized spacial score (nSPS) is 11.8. The quantitative estimate of drug-likeness (QED) is 0.632. The van der Waals surface area contributed by atoms with E-state index in [2.05, 4.69) is 4.98 Å². The first-order chi connectivity index (χ1) is 11.1. The summed E-state index contributed by atoms with van der Waals surface area (Å²) < 4.78 is 0. The zero-order chi connectivity index (χ0) is 16.4. The van der Waals surface area contributed by atoms with Crippen LogP contribution in [0, 0.1) is 0 Å². The number of aliphatic hydroxyl groups excluding tert-OH is 1. The van der Waals surface area contributed by atoms with Crippen LogP contribution in [-0.4, -0.2) is 20.3 Å². The molecule has 0 bridgehead atoms. The Kier molecular flexibility index (Phi) is 3.89. The van der Waals surface area contributed by atoms with Gasteiger partial charge in [-0.15, -0.1) is 0 Å². The minimum Gasteiger partial charge on any atom is -0.508 e. The zero-order valence-corrected chi connectivity index (χ0v) is 12.7. The van der Waals surface area contributed by atoms with E-state index in [4.69, 9.17) is 0 Å². The van der Waals surface area contributed by atoms with Crippen molar-refractivity contribution >= 4 is 22.7 Å². The number of pyridine rings is 1. The minimum atomic E-state index is -0.172. The van der Waals surface area contributed by atoms with Gasteiger partial charge in [0.1, 0.15) is 17.3 Å². The van der Waals surface area contributed by atoms with Crippen LogP contribution in [0.2, 0.25) is 0 Å². The summed E-state index contributed by atoms with van der Waals surface area (Å²) in [5.74, 6) is -0.250. The molecule has 3 aromatic rings. The van der Waals surface area contributed by atoms with Gasteiger partial charge >= 0.3 is 0 Å². The third-order valence-corrected chi connectivity index (χ3v) is 3.76. The number of nitrogens with zero attached hydrogens (tertiary/aromatic N) is 1. The molecule has 23 heavy (non-hydrogen) atoms. The maximum Gasteiger partial charge on any atom is 0.130 e. The molecule has 0 atom stereocenters. The fraction of sp³-hybridized carbons (Fsp3) is 0.105. The molecule has 3 N–H and O–H groups in total. The molecular weight excluding hydrogens is 290 g/mol. The Morgan fingerprint density at radius 3 is 2.61 bits per heavy atom. The van der Waals surface area contributed by atoms with E-state index in [0.29, 0.717) is 17.7 Å². The number of aromatic nitrogens is 1. The van der Waals surface area contributed by atoms with E-state index in [1.54, 1.807) is 12.1 Å². The summed E-state index contributed by atoms with van der Waals surface area (Å²) in [5.41, 5.74) is 2.35. The first-order valence-corrected chi connectivity index (χ1v) is 7.40. The van der Waals surface area contributed by atoms with Gasteiger partial charge in [0.2, 0.25) is 0 Å². The number of phenolic OH excluding ortho intramolecular Hbond substituents is 2. The van der Waals surface area contributed by atoms with E-state index in [9.17, 15) is 15.3 Å². The number of hydrogen-bond donors (Lipinski definition) is 3. The lowest BCUT2D eigenvalue weighted by Crippen LogP contribution is -1.90. The lowest BCUT2D eigenvalue weighted by Gasteiger charge is -2.08. The van der Waals surface area contributed by atoms with E-state index in [0.717, 1.165) is 10.9 Å². The summed E-state index contributed by atoms with van der Waals surface area (Å²) in [4.78, 5) is 4.46. The molecular formula is C19H17NO3. The van der Waals surface area contributed by atoms with Gasteiger partial charge in [-0.1, -0.05) is 31.2 Å². The Labute approximate surface area is 134 Å². The van der Waals surface area contributed by atoms with Gasteiger partial charge in [-0.25, -0.2) is 4.98 Å². The number of fused-ring (bicyclic) bond motifs is 1. The Morgan fingerprint density at radius 2 is 1.83 bits per heavy atom. The number of aromatic hydroxyl groups is 2. The van der Waals surface area contributed by atoms with Crippen LogP contribution in [0.3, 0.4) is 0 Å². The van der Waals surface area contributed by atoms with Gasteiger partial charge in [0.15, 0.2) is 0 Å². The van der Waals surface area contributed by atoms with E-state index in [-0.39, 0.29) is 22.8 Å². The number of para-hydroxylation sites is 1. The summed E-state index contributed by atoms with van der Waals surface area (Å²) in [6.07, 6.45) is 2.10. The predicted molar refractivity (Wildman–Crippen MR) is 91.4 cm³/mol. The summed E-state index contributed by atoms with van der Waals surface area (Å²) in [5, 5.41) is 31.0. The summed E-state index contributed by atoms with van der Waals surface area (Å²) in [6, 6.07) is 14.3. The van der Waals surface area contributed by atoms with Gasteiger partial charge in [-0.2, -0.15) is 0 Å². The molecule has 0 aliphatic rings. The first kappa shape index (κ1) is 14.9. The molecule has 1 aromatic heterocycles. The van der Waals surface area contributed by atoms with E-state index >= 15 is 0 Å². The predicted octanol–water partition coefficient (Wildman–Crippen LogP) is 4.26. The summed E-state index contributed by atoms with van der Waals surface area (Å²) in [6.45, 7) is 1.89. The van der Waals surface area contributed by atoms with Crippen LogP contribution in [0.4, 0.5) is 0 Å². The van der Waals surface area contributed by atoms with Crippen molar-refractivity contribution in [3.63, 3.8) is 0 Å². The van der Waals surface area contributed by atoms with E-state index in [1.165, 1.54) is 12.1 Å². The van der Waals surface area contributed by atoms with Crippen molar-refractivity contribution in [3.05, 3.63) is 65.4 Å². The molecule has 1 heterocycles. The molecule has 0 saturated carbocycles. The molecule has 2 aromatic carbocycles. The molecule has 0 saturated heterocycles. The topological polar surface area (TPSA) is 73.6 Å². The summed E-state index contributed by atoms with van der Waals surface area (Å²) >= 11 is 0. The van der Waals surface area contributed by atoms with Crippen molar-refractivity contribution < 1.29 is 15.3 Å². The van der Waals surface area contributed by atoms with Crippen molar-refractivity contribution in [1.29, 1.82) is 0 Å². The average Bonchev–Trinajstić information content (AvgIpc) is 2.54. The van der Waals surface area contributed by atoms with Crippen LogP contribution in [0.15, 0.2) is 48.5 Å². The van der Waals surface area contributed by atoms with Gasteiger partial charge in [-0.05, 0) is 30.2 Å². The van der Waals surface area contributed by atoms with Crippen LogP contribution >= 0.6 is 0 Å². The van der Waals surface area contributed by atoms with Crippen molar-refractivity contribution in [2.24, 2.45) is 0 Å². The molecule has 4 heteroatoms. The Balaban J connectivity index is 2.04. The first-order valence-electron chi connectivity index (χ1n) is 7.40. The highest BCUT2D eigenvalue weighted by molar-refractivity contribution is 5.83. The van der Waals surface area contributed by atoms with Gasteiger partial charge in [0.05, 0.1) is 16.8 Å². The summed E-state index contributed by atoms with van der Waals surface area (Å²) in [7, 11) is 0. The largest absolute Gasteiger partial charge is 0.508 e. The smallest absolute Gasteiger partial charge is 0.130 e. The molecule has 4 nitrogen and oxygen atoms in total. The lowest BCUT2D eigenvalue weighted by molar-refractivity contribution is 0.440. The third-order valence-electron chi connectivity index (χ3n) is 3.76. The zero-order valence-electron chi connectivity index (χ0n) is 12.7. The second-order valence-corrected chi connectivity index (χ2v) is 5.31. The molecule has 3 rings (SSSR count). The third kappa shape index (κ3) is 2.97. The average molecular weight is 307 g/mol. The van der Waals surface area contributed by atoms with E-state index < -0.39 is 0 Å². The maximum atomic E-state index is 10.3. The Hall–Kier alpha value is -3.01. The van der Waals surface area contributed by atoms with Crippen LogP contribution in [-0.2, 0) is 6.42 Å². The number of hydrogen-bond acceptors (Lipinski definition) is 4. The van der Waals surface area contributed by atoms with Gasteiger partial charge in [0.25, 0.3) is 0 Å². The fourth-order valence-electron chi connectivity index (χ4n) is 2.49. The minimum absolute atomic E-state index is 0.0189. The van der Waals surface area contributed by atoms with Crippen LogP contribution in [0.25, 0.3) is 22.7 Å². The van der Waals surface area contributed by atoms with Crippen molar-refractivity contribution in [3.8, 4) is 11.5 Å². The fourth-order valence-corrected chi connectivity index (χ4v) is 2.49. The van der Waals surface area contributed by atoms with Gasteiger partial charge < -0.3 is 15.3 Å². The molecule has 0 spiro atoms. The maximum absolute atomic E-state index is 10.3. The second kappa shape index (κ2) is 6.01. The van der Waals surface area contributed by atoms with Crippen LogP contribution in [0.5, 0.6) is 11.5 Å². The van der Waals surface area contributed by atoms with Crippen molar-refractivity contribution in [2.45, 2.75) is 13.3 Å². The molecule has 0 radical (unpaired) electrons. The molecule has 0 amide bonds. The molecule has 0 aliphatic heterocycles. The Bertz CT molecular complexity index is 900. The second-order valence-electron chi connectivity index (χ2n) is 5.31. The molecule has 116 valence electrons. The van der Waals surface area contributed by atoms with Gasteiger partial charge in [0, 0.05) is 17.5 Å². The highest BCUT2D eigenvalue weighted by atomic mass is 16.3. The number of aryl methyl sites for hydroxylation is 1. The number of rotatable bonds is 3. The number of phenols is 2. The Morgan fingerprint density at radius 1 is 1.04 bits per heavy atom. The molecule has 0 aliphatic carbocycles. The molecule has 0 unspecified atom stereocenters. The van der Waals surface area contributed by atoms with Crippen LogP contribution in [0.1, 0.15) is 23.7 Å². The van der Waals surface area contributed by atoms with Crippen molar-refractivity contribution in [2.75, 3.05) is 0 Å². The standard InChI is InChI=1S/C19H17NO3/c1-2-12-9-15(19(23)11-17(12)21)18(22)10-14-8-7-13-5-3-4-6-16(13)20-14/h3-11,21-23H,2H2,1H3/b18-10+. The number of aliphatic hydroxyl groups is 1. The van der Waals surface area contributed by atoms with Crippen LogP contribution < -0.4 is 0 Å².